The van der Waals surface area contributed by atoms with Gasteiger partial charge in [-0.2, -0.15) is 0 Å². The average Bonchev–Trinajstić information content (AvgIpc) is 2.52. The molecule has 0 radical (unpaired) electrons. The van der Waals surface area contributed by atoms with Gasteiger partial charge in [-0.15, -0.1) is 0 Å². The van der Waals surface area contributed by atoms with E-state index in [9.17, 15) is 15.0 Å². The fourth-order valence-electron chi connectivity index (χ4n) is 3.16. The zero-order valence-electron chi connectivity index (χ0n) is 13.4. The Kier molecular flexibility index (Phi) is 6.27. The minimum Gasteiger partial charge on any atom is -0.492 e. The number of benzene rings is 1. The van der Waals surface area contributed by atoms with E-state index in [0.29, 0.717) is 44.1 Å². The summed E-state index contributed by atoms with van der Waals surface area (Å²) in [7, 11) is 0. The van der Waals surface area contributed by atoms with Gasteiger partial charge in [-0.3, -0.25) is 9.69 Å². The summed E-state index contributed by atoms with van der Waals surface area (Å²) in [5.74, 6) is -0.137. The van der Waals surface area contributed by atoms with Crippen molar-refractivity contribution in [2.24, 2.45) is 5.41 Å². The van der Waals surface area contributed by atoms with E-state index in [1.807, 2.05) is 19.1 Å². The number of halogens is 1. The highest BCUT2D eigenvalue weighted by atomic mass is 35.5. The third-order valence-electron chi connectivity index (χ3n) is 4.56. The van der Waals surface area contributed by atoms with Gasteiger partial charge >= 0.3 is 5.97 Å². The van der Waals surface area contributed by atoms with Crippen LogP contribution in [-0.2, 0) is 4.79 Å². The third kappa shape index (κ3) is 4.37. The Morgan fingerprint density at radius 2 is 2.13 bits per heavy atom. The van der Waals surface area contributed by atoms with Gasteiger partial charge in [0.05, 0.1) is 11.5 Å². The van der Waals surface area contributed by atoms with E-state index in [0.717, 1.165) is 12.2 Å². The third-order valence-corrected chi connectivity index (χ3v) is 4.81. The number of rotatable bonds is 7. The standard InChI is InChI=1S/C17H24ClNO4/c1-2-7-17(16(21)22)8-9-19(12-15(17)20)10-11-23-14-5-3-13(18)4-6-14/h3-6,15,20H,2,7-12H2,1H3,(H,21,22)/t15-,17-/m0/s1. The molecule has 1 aromatic rings. The Bertz CT molecular complexity index is 522. The number of piperidine rings is 1. The van der Waals surface area contributed by atoms with Crippen molar-refractivity contribution in [2.75, 3.05) is 26.2 Å². The summed E-state index contributed by atoms with van der Waals surface area (Å²) in [6.45, 7) is 4.12. The molecular weight excluding hydrogens is 318 g/mol. The Morgan fingerprint density at radius 1 is 1.43 bits per heavy atom. The number of aliphatic hydroxyl groups is 1. The minimum atomic E-state index is -0.998. The topological polar surface area (TPSA) is 70.0 Å². The first kappa shape index (κ1) is 18.0. The molecule has 1 heterocycles. The fourth-order valence-corrected chi connectivity index (χ4v) is 3.28. The predicted octanol–water partition coefficient (Wildman–Crippen LogP) is 2.66. The predicted molar refractivity (Wildman–Crippen MR) is 89.0 cm³/mol. The van der Waals surface area contributed by atoms with E-state index >= 15 is 0 Å². The number of hydrogen-bond acceptors (Lipinski definition) is 4. The van der Waals surface area contributed by atoms with Crippen LogP contribution in [0.4, 0.5) is 0 Å². The molecule has 2 rings (SSSR count). The molecule has 6 heteroatoms. The molecule has 1 saturated heterocycles. The van der Waals surface area contributed by atoms with Gasteiger partial charge in [0.25, 0.3) is 0 Å². The van der Waals surface area contributed by atoms with Crippen molar-refractivity contribution in [3.05, 3.63) is 29.3 Å². The fraction of sp³-hybridized carbons (Fsp3) is 0.588. The normalized spacial score (nSPS) is 25.3. The zero-order valence-corrected chi connectivity index (χ0v) is 14.1. The molecule has 1 aliphatic heterocycles. The number of β-amino-alcohol motifs (C(OH)–C–C–N with tert-alkyl or cyclic N) is 1. The van der Waals surface area contributed by atoms with Gasteiger partial charge in [0, 0.05) is 18.1 Å². The molecule has 2 N–H and O–H groups in total. The first-order valence-electron chi connectivity index (χ1n) is 8.00. The molecular formula is C17H24ClNO4. The van der Waals surface area contributed by atoms with Gasteiger partial charge in [-0.1, -0.05) is 24.9 Å². The van der Waals surface area contributed by atoms with Crippen LogP contribution >= 0.6 is 11.6 Å². The molecule has 1 aromatic carbocycles. The molecule has 128 valence electrons. The largest absolute Gasteiger partial charge is 0.492 e. The molecule has 0 amide bonds. The maximum absolute atomic E-state index is 11.6. The number of carboxylic acid groups (broad SMARTS) is 1. The second kappa shape index (κ2) is 7.99. The highest BCUT2D eigenvalue weighted by Crippen LogP contribution is 2.36. The molecule has 0 saturated carbocycles. The van der Waals surface area contributed by atoms with E-state index < -0.39 is 17.5 Å². The summed E-state index contributed by atoms with van der Waals surface area (Å²) < 4.78 is 5.65. The summed E-state index contributed by atoms with van der Waals surface area (Å²) in [6, 6.07) is 7.16. The average molecular weight is 342 g/mol. The molecule has 2 atom stereocenters. The molecule has 5 nitrogen and oxygen atoms in total. The Morgan fingerprint density at radius 3 is 2.70 bits per heavy atom. The molecule has 0 aromatic heterocycles. The van der Waals surface area contributed by atoms with Crippen molar-refractivity contribution in [3.63, 3.8) is 0 Å². The maximum Gasteiger partial charge on any atom is 0.312 e. The van der Waals surface area contributed by atoms with Gasteiger partial charge in [0.2, 0.25) is 0 Å². The number of aliphatic carboxylic acids is 1. The lowest BCUT2D eigenvalue weighted by atomic mass is 9.73. The lowest BCUT2D eigenvalue weighted by Crippen LogP contribution is -2.55. The van der Waals surface area contributed by atoms with Crippen LogP contribution in [0.5, 0.6) is 5.75 Å². The first-order chi connectivity index (χ1) is 11.0. The smallest absolute Gasteiger partial charge is 0.312 e. The van der Waals surface area contributed by atoms with E-state index in [2.05, 4.69) is 4.90 Å². The summed E-state index contributed by atoms with van der Waals surface area (Å²) in [5.41, 5.74) is -0.998. The van der Waals surface area contributed by atoms with Crippen molar-refractivity contribution in [1.82, 2.24) is 4.90 Å². The monoisotopic (exact) mass is 341 g/mol. The quantitative estimate of drug-likeness (QED) is 0.798. The van der Waals surface area contributed by atoms with E-state index in [-0.39, 0.29) is 0 Å². The molecule has 1 fully saturated rings. The van der Waals surface area contributed by atoms with Crippen LogP contribution in [0.3, 0.4) is 0 Å². The second-order valence-corrected chi connectivity index (χ2v) is 6.52. The van der Waals surface area contributed by atoms with Crippen molar-refractivity contribution < 1.29 is 19.7 Å². The number of nitrogens with zero attached hydrogens (tertiary/aromatic N) is 1. The van der Waals surface area contributed by atoms with Gasteiger partial charge in [-0.25, -0.2) is 0 Å². The number of aliphatic hydroxyl groups excluding tert-OH is 1. The number of ether oxygens (including phenoxy) is 1. The van der Waals surface area contributed by atoms with Gasteiger partial charge < -0.3 is 14.9 Å². The SMILES string of the molecule is CCC[C@]1(C(=O)O)CCN(CCOc2ccc(Cl)cc2)C[C@@H]1O. The van der Waals surface area contributed by atoms with E-state index in [4.69, 9.17) is 16.3 Å². The molecule has 1 aliphatic rings. The van der Waals surface area contributed by atoms with E-state index in [1.54, 1.807) is 12.1 Å². The molecule has 0 spiro atoms. The van der Waals surface area contributed by atoms with Crippen LogP contribution in [0, 0.1) is 5.41 Å². The maximum atomic E-state index is 11.6. The summed E-state index contributed by atoms with van der Waals surface area (Å²) in [5, 5.41) is 20.5. The zero-order chi connectivity index (χ0) is 16.9. The highest BCUT2D eigenvalue weighted by Gasteiger charge is 2.47. The van der Waals surface area contributed by atoms with Crippen molar-refractivity contribution in [3.8, 4) is 5.75 Å². The van der Waals surface area contributed by atoms with Crippen LogP contribution in [0.15, 0.2) is 24.3 Å². The number of likely N-dealkylation sites (tertiary alicyclic amines) is 1. The number of carbonyl (C=O) groups is 1. The molecule has 0 aliphatic carbocycles. The first-order valence-corrected chi connectivity index (χ1v) is 8.38. The highest BCUT2D eigenvalue weighted by molar-refractivity contribution is 6.30. The van der Waals surface area contributed by atoms with Crippen LogP contribution < -0.4 is 4.74 Å². The van der Waals surface area contributed by atoms with Crippen molar-refractivity contribution in [2.45, 2.75) is 32.3 Å². The van der Waals surface area contributed by atoms with Crippen LogP contribution in [0.2, 0.25) is 5.02 Å². The van der Waals surface area contributed by atoms with Gasteiger partial charge in [0.1, 0.15) is 12.4 Å². The Labute approximate surface area is 141 Å². The van der Waals surface area contributed by atoms with Crippen LogP contribution in [-0.4, -0.2) is 53.4 Å². The summed E-state index contributed by atoms with van der Waals surface area (Å²) in [6.07, 6.45) is 0.893. The van der Waals surface area contributed by atoms with Crippen LogP contribution in [0.1, 0.15) is 26.2 Å². The molecule has 0 bridgehead atoms. The lowest BCUT2D eigenvalue weighted by Gasteiger charge is -2.42. The summed E-state index contributed by atoms with van der Waals surface area (Å²) in [4.78, 5) is 13.6. The van der Waals surface area contributed by atoms with E-state index in [1.165, 1.54) is 0 Å². The summed E-state index contributed by atoms with van der Waals surface area (Å²) >= 11 is 5.82. The molecule has 23 heavy (non-hydrogen) atoms. The Balaban J connectivity index is 1.83. The minimum absolute atomic E-state index is 0.371. The lowest BCUT2D eigenvalue weighted by molar-refractivity contribution is -0.164. The van der Waals surface area contributed by atoms with Crippen LogP contribution in [0.25, 0.3) is 0 Å². The van der Waals surface area contributed by atoms with Gasteiger partial charge in [0.15, 0.2) is 0 Å². The number of hydrogen-bond donors (Lipinski definition) is 2. The Hall–Kier alpha value is -1.30. The molecule has 0 unspecified atom stereocenters. The van der Waals surface area contributed by atoms with Crippen molar-refractivity contribution in [1.29, 1.82) is 0 Å². The van der Waals surface area contributed by atoms with Gasteiger partial charge in [-0.05, 0) is 43.7 Å². The van der Waals surface area contributed by atoms with Crippen molar-refractivity contribution >= 4 is 17.6 Å². The number of carboxylic acids is 1. The second-order valence-electron chi connectivity index (χ2n) is 6.08.